The third-order valence-electron chi connectivity index (χ3n) is 2.06. The van der Waals surface area contributed by atoms with Gasteiger partial charge in [0.25, 0.3) is 0 Å². The van der Waals surface area contributed by atoms with Gasteiger partial charge in [0.05, 0.1) is 16.0 Å². The summed E-state index contributed by atoms with van der Waals surface area (Å²) in [6.45, 7) is 2.07. The minimum atomic E-state index is 0.824. The van der Waals surface area contributed by atoms with Crippen LogP contribution in [0.1, 0.15) is 4.88 Å². The van der Waals surface area contributed by atoms with Crippen molar-refractivity contribution in [2.24, 2.45) is 0 Å². The summed E-state index contributed by atoms with van der Waals surface area (Å²) < 4.78 is 1.18. The number of hydrogen-bond acceptors (Lipinski definition) is 6. The van der Waals surface area contributed by atoms with Gasteiger partial charge < -0.3 is 5.73 Å². The van der Waals surface area contributed by atoms with Gasteiger partial charge in [0, 0.05) is 4.88 Å². The first kappa shape index (κ1) is 9.26. The SMILES string of the molecule is Cc1scnc1-c1nc2cc(N)sc2s1. The molecule has 0 bridgehead atoms. The molecular weight excluding hydrogens is 246 g/mol. The molecule has 3 aromatic rings. The second-order valence-electron chi connectivity index (χ2n) is 3.10. The Labute approximate surface area is 98.2 Å². The Morgan fingerprint density at radius 2 is 2.20 bits per heavy atom. The van der Waals surface area contributed by atoms with Crippen molar-refractivity contribution in [3.63, 3.8) is 0 Å². The monoisotopic (exact) mass is 253 g/mol. The Kier molecular flexibility index (Phi) is 2.01. The topological polar surface area (TPSA) is 51.8 Å². The molecule has 0 unspecified atom stereocenters. The van der Waals surface area contributed by atoms with Crippen molar-refractivity contribution in [3.8, 4) is 10.7 Å². The zero-order chi connectivity index (χ0) is 10.4. The molecule has 0 amide bonds. The van der Waals surface area contributed by atoms with Crippen LogP contribution in [0.5, 0.6) is 0 Å². The highest BCUT2D eigenvalue weighted by atomic mass is 32.2. The molecule has 0 saturated carbocycles. The molecule has 3 rings (SSSR count). The molecule has 6 heteroatoms. The summed E-state index contributed by atoms with van der Waals surface area (Å²) in [4.78, 5) is 10.1. The first-order chi connectivity index (χ1) is 7.24. The zero-order valence-corrected chi connectivity index (χ0v) is 10.3. The van der Waals surface area contributed by atoms with Crippen LogP contribution < -0.4 is 5.73 Å². The molecule has 15 heavy (non-hydrogen) atoms. The lowest BCUT2D eigenvalue weighted by Gasteiger charge is -1.89. The van der Waals surface area contributed by atoms with Crippen LogP contribution in [-0.2, 0) is 0 Å². The van der Waals surface area contributed by atoms with Gasteiger partial charge in [0.15, 0.2) is 0 Å². The Morgan fingerprint density at radius 3 is 2.87 bits per heavy atom. The average molecular weight is 253 g/mol. The summed E-state index contributed by atoms with van der Waals surface area (Å²) in [7, 11) is 0. The van der Waals surface area contributed by atoms with E-state index in [0.29, 0.717) is 0 Å². The number of anilines is 1. The number of fused-ring (bicyclic) bond motifs is 1. The molecule has 0 radical (unpaired) electrons. The van der Waals surface area contributed by atoms with Crippen LogP contribution >= 0.6 is 34.0 Å². The second-order valence-corrected chi connectivity index (χ2v) is 6.50. The highest BCUT2D eigenvalue weighted by Crippen LogP contribution is 2.37. The van der Waals surface area contributed by atoms with Gasteiger partial charge in [-0.05, 0) is 13.0 Å². The van der Waals surface area contributed by atoms with Gasteiger partial charge in [-0.15, -0.1) is 34.0 Å². The molecule has 0 spiro atoms. The maximum Gasteiger partial charge on any atom is 0.145 e. The largest absolute Gasteiger partial charge is 0.390 e. The number of thiazole rings is 2. The van der Waals surface area contributed by atoms with E-state index in [1.807, 2.05) is 11.6 Å². The summed E-state index contributed by atoms with van der Waals surface area (Å²) >= 11 is 4.90. The quantitative estimate of drug-likeness (QED) is 0.723. The van der Waals surface area contributed by atoms with Crippen LogP contribution in [0.25, 0.3) is 20.2 Å². The standard InChI is InChI=1S/C9H7N3S3/c1-4-7(11-3-13-4)8-12-5-2-6(10)14-9(5)15-8/h2-3H,10H2,1H3. The number of rotatable bonds is 1. The predicted octanol–water partition coefficient (Wildman–Crippen LogP) is 3.37. The van der Waals surface area contributed by atoms with E-state index in [-0.39, 0.29) is 0 Å². The maximum atomic E-state index is 5.71. The molecule has 2 N–H and O–H groups in total. The molecule has 0 atom stereocenters. The molecule has 0 aliphatic carbocycles. The highest BCUT2D eigenvalue weighted by Gasteiger charge is 2.12. The average Bonchev–Trinajstić information content (AvgIpc) is 2.78. The van der Waals surface area contributed by atoms with Crippen molar-refractivity contribution in [1.82, 2.24) is 9.97 Å². The summed E-state index contributed by atoms with van der Waals surface area (Å²) in [5.41, 5.74) is 9.56. The first-order valence-electron chi connectivity index (χ1n) is 4.30. The van der Waals surface area contributed by atoms with Crippen molar-refractivity contribution in [1.29, 1.82) is 0 Å². The number of hydrogen-bond donors (Lipinski definition) is 1. The number of nitrogens with zero attached hydrogens (tertiary/aromatic N) is 2. The third-order valence-corrected chi connectivity index (χ3v) is 4.94. The van der Waals surface area contributed by atoms with Crippen molar-refractivity contribution in [2.75, 3.05) is 5.73 Å². The van der Waals surface area contributed by atoms with Crippen molar-refractivity contribution < 1.29 is 0 Å². The molecular formula is C9H7N3S3. The predicted molar refractivity (Wildman–Crippen MR) is 67.8 cm³/mol. The fourth-order valence-corrected chi connectivity index (χ4v) is 4.12. The fourth-order valence-electron chi connectivity index (χ4n) is 1.37. The Balaban J connectivity index is 2.20. The lowest BCUT2D eigenvalue weighted by Crippen LogP contribution is -1.78. The van der Waals surface area contributed by atoms with Gasteiger partial charge in [0.1, 0.15) is 14.7 Å². The van der Waals surface area contributed by atoms with Gasteiger partial charge in [-0.2, -0.15) is 0 Å². The van der Waals surface area contributed by atoms with Crippen molar-refractivity contribution >= 4 is 48.5 Å². The number of nitrogen functional groups attached to an aromatic ring is 1. The molecule has 76 valence electrons. The highest BCUT2D eigenvalue weighted by molar-refractivity contribution is 7.41. The Morgan fingerprint density at radius 1 is 1.33 bits per heavy atom. The molecule has 0 fully saturated rings. The van der Waals surface area contributed by atoms with E-state index in [1.165, 1.54) is 8.89 Å². The minimum absolute atomic E-state index is 0.824. The van der Waals surface area contributed by atoms with Crippen LogP contribution in [-0.4, -0.2) is 9.97 Å². The summed E-state index contributed by atoms with van der Waals surface area (Å²) in [5, 5.41) is 1.82. The van der Waals surface area contributed by atoms with E-state index in [2.05, 4.69) is 16.9 Å². The Bertz CT molecular complexity index is 588. The normalized spacial score (nSPS) is 11.3. The molecule has 0 aromatic carbocycles. The van der Waals surface area contributed by atoms with Crippen LogP contribution in [0, 0.1) is 6.92 Å². The summed E-state index contributed by atoms with van der Waals surface area (Å²) in [6.07, 6.45) is 0. The number of thiophene rings is 1. The van der Waals surface area contributed by atoms with Gasteiger partial charge in [-0.3, -0.25) is 0 Å². The third kappa shape index (κ3) is 1.45. The van der Waals surface area contributed by atoms with Crippen molar-refractivity contribution in [3.05, 3.63) is 16.5 Å². The molecule has 3 heterocycles. The van der Waals surface area contributed by atoms with E-state index in [1.54, 1.807) is 34.0 Å². The van der Waals surface area contributed by atoms with Gasteiger partial charge in [0.2, 0.25) is 0 Å². The molecule has 0 aliphatic heterocycles. The lowest BCUT2D eigenvalue weighted by atomic mass is 10.4. The number of nitrogens with two attached hydrogens (primary N) is 1. The first-order valence-corrected chi connectivity index (χ1v) is 6.81. The van der Waals surface area contributed by atoms with Crippen LogP contribution in [0.3, 0.4) is 0 Å². The van der Waals surface area contributed by atoms with Crippen molar-refractivity contribution in [2.45, 2.75) is 6.92 Å². The van der Waals surface area contributed by atoms with E-state index in [0.717, 1.165) is 21.2 Å². The van der Waals surface area contributed by atoms with Crippen LogP contribution in [0.2, 0.25) is 0 Å². The molecule has 3 nitrogen and oxygen atoms in total. The second kappa shape index (κ2) is 3.26. The lowest BCUT2D eigenvalue weighted by molar-refractivity contribution is 1.35. The van der Waals surface area contributed by atoms with Crippen LogP contribution in [0.15, 0.2) is 11.6 Å². The zero-order valence-electron chi connectivity index (χ0n) is 7.85. The number of aromatic nitrogens is 2. The van der Waals surface area contributed by atoms with E-state index < -0.39 is 0 Å². The summed E-state index contributed by atoms with van der Waals surface area (Å²) in [6, 6.07) is 1.92. The molecule has 3 aromatic heterocycles. The maximum absolute atomic E-state index is 5.71. The smallest absolute Gasteiger partial charge is 0.145 e. The fraction of sp³-hybridized carbons (Fsp3) is 0.111. The van der Waals surface area contributed by atoms with E-state index >= 15 is 0 Å². The Hall–Kier alpha value is -0.980. The van der Waals surface area contributed by atoms with Gasteiger partial charge in [-0.25, -0.2) is 9.97 Å². The number of aryl methyl sites for hydroxylation is 1. The van der Waals surface area contributed by atoms with E-state index in [9.17, 15) is 0 Å². The minimum Gasteiger partial charge on any atom is -0.390 e. The van der Waals surface area contributed by atoms with Crippen LogP contribution in [0.4, 0.5) is 5.00 Å². The summed E-state index contributed by atoms with van der Waals surface area (Å²) in [5.74, 6) is 0. The van der Waals surface area contributed by atoms with Gasteiger partial charge >= 0.3 is 0 Å². The van der Waals surface area contributed by atoms with Gasteiger partial charge in [-0.1, -0.05) is 0 Å². The van der Waals surface area contributed by atoms with E-state index in [4.69, 9.17) is 5.73 Å². The molecule has 0 aliphatic rings. The molecule has 0 saturated heterocycles.